The molecule has 0 aliphatic heterocycles. The molecule has 0 saturated carbocycles. The van der Waals surface area contributed by atoms with Crippen molar-refractivity contribution < 1.29 is 14.3 Å². The van der Waals surface area contributed by atoms with E-state index in [9.17, 15) is 4.79 Å². The van der Waals surface area contributed by atoms with Crippen molar-refractivity contribution in [1.82, 2.24) is 5.32 Å². The molecule has 0 unspecified atom stereocenters. The first-order chi connectivity index (χ1) is 12.4. The molecule has 0 heterocycles. The first kappa shape index (κ1) is 20.0. The minimum Gasteiger partial charge on any atom is -0.493 e. The van der Waals surface area contributed by atoms with Crippen molar-refractivity contribution in [1.29, 1.82) is 0 Å². The summed E-state index contributed by atoms with van der Waals surface area (Å²) in [5.41, 5.74) is 1.36. The van der Waals surface area contributed by atoms with Crippen LogP contribution >= 0.6 is 35.4 Å². The van der Waals surface area contributed by atoms with E-state index in [4.69, 9.17) is 44.9 Å². The Bertz CT molecular complexity index is 836. The Morgan fingerprint density at radius 2 is 1.69 bits per heavy atom. The average Bonchev–Trinajstić information content (AvgIpc) is 2.58. The standard InChI is InChI=1S/C18H16Cl2N2O3S/c1-24-15-5-3-11(7-16(15)25-2)4-6-17(23)22-18(26)21-14-9-12(19)8-13(20)10-14/h3-10H,1-2H3,(H2,21,22,23,26)/b6-4+. The number of methoxy groups -OCH3 is 2. The van der Waals surface area contributed by atoms with Crippen molar-refractivity contribution in [3.05, 3.63) is 58.1 Å². The number of amides is 1. The molecule has 0 aromatic heterocycles. The second kappa shape index (κ2) is 9.43. The maximum atomic E-state index is 12.0. The molecule has 0 spiro atoms. The van der Waals surface area contributed by atoms with E-state index in [0.717, 1.165) is 5.56 Å². The summed E-state index contributed by atoms with van der Waals surface area (Å²) >= 11 is 16.9. The number of nitrogens with one attached hydrogen (secondary N) is 2. The Labute approximate surface area is 166 Å². The van der Waals surface area contributed by atoms with Gasteiger partial charge in [-0.05, 0) is 54.2 Å². The van der Waals surface area contributed by atoms with Crippen molar-refractivity contribution in [3.8, 4) is 11.5 Å². The van der Waals surface area contributed by atoms with Crippen molar-refractivity contribution in [3.63, 3.8) is 0 Å². The summed E-state index contributed by atoms with van der Waals surface area (Å²) in [5.74, 6) is 0.801. The number of carbonyl (C=O) groups is 1. The van der Waals surface area contributed by atoms with Crippen LogP contribution in [0.4, 0.5) is 5.69 Å². The van der Waals surface area contributed by atoms with Gasteiger partial charge in [-0.3, -0.25) is 10.1 Å². The van der Waals surface area contributed by atoms with Crippen molar-refractivity contribution >= 4 is 58.2 Å². The van der Waals surface area contributed by atoms with Gasteiger partial charge in [0.1, 0.15) is 0 Å². The largest absolute Gasteiger partial charge is 0.493 e. The molecule has 2 N–H and O–H groups in total. The second-order valence-electron chi connectivity index (χ2n) is 5.05. The van der Waals surface area contributed by atoms with Crippen LogP contribution in [0.2, 0.25) is 10.0 Å². The van der Waals surface area contributed by atoms with Gasteiger partial charge in [0, 0.05) is 21.8 Å². The van der Waals surface area contributed by atoms with Crippen LogP contribution in [0.15, 0.2) is 42.5 Å². The Balaban J connectivity index is 1.97. The van der Waals surface area contributed by atoms with Crippen LogP contribution in [-0.2, 0) is 4.79 Å². The van der Waals surface area contributed by atoms with Crippen LogP contribution in [0.25, 0.3) is 6.08 Å². The maximum Gasteiger partial charge on any atom is 0.250 e. The van der Waals surface area contributed by atoms with E-state index < -0.39 is 0 Å². The van der Waals surface area contributed by atoms with E-state index in [1.165, 1.54) is 6.08 Å². The Morgan fingerprint density at radius 1 is 1.04 bits per heavy atom. The average molecular weight is 411 g/mol. The van der Waals surface area contributed by atoms with Crippen LogP contribution in [0.1, 0.15) is 5.56 Å². The third-order valence-electron chi connectivity index (χ3n) is 3.19. The van der Waals surface area contributed by atoms with Gasteiger partial charge in [0.25, 0.3) is 0 Å². The number of ether oxygens (including phenoxy) is 2. The SMILES string of the molecule is COc1ccc(/C=C/C(=O)NC(=S)Nc2cc(Cl)cc(Cl)c2)cc1OC. The minimum absolute atomic E-state index is 0.130. The molecule has 2 aromatic carbocycles. The van der Waals surface area contributed by atoms with Gasteiger partial charge in [-0.25, -0.2) is 0 Å². The zero-order valence-corrected chi connectivity index (χ0v) is 16.3. The van der Waals surface area contributed by atoms with Crippen LogP contribution in [0.3, 0.4) is 0 Å². The Kier molecular flexibility index (Phi) is 7.26. The lowest BCUT2D eigenvalue weighted by Gasteiger charge is -2.09. The number of carbonyl (C=O) groups excluding carboxylic acids is 1. The van der Waals surface area contributed by atoms with Gasteiger partial charge in [0.2, 0.25) is 5.91 Å². The van der Waals surface area contributed by atoms with Gasteiger partial charge in [0.05, 0.1) is 14.2 Å². The fourth-order valence-electron chi connectivity index (χ4n) is 2.07. The lowest BCUT2D eigenvalue weighted by atomic mass is 10.2. The van der Waals surface area contributed by atoms with Gasteiger partial charge < -0.3 is 14.8 Å². The molecular weight excluding hydrogens is 395 g/mol. The van der Waals surface area contributed by atoms with E-state index >= 15 is 0 Å². The number of anilines is 1. The fourth-order valence-corrected chi connectivity index (χ4v) is 2.81. The van der Waals surface area contributed by atoms with E-state index in [-0.39, 0.29) is 11.0 Å². The fraction of sp³-hybridized carbons (Fsp3) is 0.111. The lowest BCUT2D eigenvalue weighted by Crippen LogP contribution is -2.32. The monoisotopic (exact) mass is 410 g/mol. The normalized spacial score (nSPS) is 10.5. The Hall–Kier alpha value is -2.28. The molecule has 1 amide bonds. The molecule has 2 aromatic rings. The highest BCUT2D eigenvalue weighted by Gasteiger charge is 2.05. The summed E-state index contributed by atoms with van der Waals surface area (Å²) in [4.78, 5) is 12.0. The van der Waals surface area contributed by atoms with Gasteiger partial charge >= 0.3 is 0 Å². The predicted molar refractivity (Wildman–Crippen MR) is 109 cm³/mol. The first-order valence-corrected chi connectivity index (χ1v) is 8.56. The third kappa shape index (κ3) is 5.91. The topological polar surface area (TPSA) is 59.6 Å². The molecule has 0 saturated heterocycles. The number of benzene rings is 2. The van der Waals surface area contributed by atoms with Crippen molar-refractivity contribution in [2.24, 2.45) is 0 Å². The van der Waals surface area contributed by atoms with Crippen LogP contribution in [0.5, 0.6) is 11.5 Å². The summed E-state index contributed by atoms with van der Waals surface area (Å²) in [6.45, 7) is 0. The lowest BCUT2D eigenvalue weighted by molar-refractivity contribution is -0.115. The molecular formula is C18H16Cl2N2O3S. The zero-order chi connectivity index (χ0) is 19.1. The molecule has 0 radical (unpaired) electrons. The molecule has 0 atom stereocenters. The zero-order valence-electron chi connectivity index (χ0n) is 14.0. The van der Waals surface area contributed by atoms with E-state index in [2.05, 4.69) is 10.6 Å². The van der Waals surface area contributed by atoms with Crippen LogP contribution in [-0.4, -0.2) is 25.2 Å². The van der Waals surface area contributed by atoms with Gasteiger partial charge in [-0.2, -0.15) is 0 Å². The number of rotatable bonds is 5. The van der Waals surface area contributed by atoms with E-state index in [0.29, 0.717) is 27.2 Å². The summed E-state index contributed by atoms with van der Waals surface area (Å²) in [6, 6.07) is 10.2. The number of hydrogen-bond acceptors (Lipinski definition) is 4. The number of thiocarbonyl (C=S) groups is 1. The number of hydrogen-bond donors (Lipinski definition) is 2. The molecule has 5 nitrogen and oxygen atoms in total. The molecule has 26 heavy (non-hydrogen) atoms. The molecule has 136 valence electrons. The predicted octanol–water partition coefficient (Wildman–Crippen LogP) is 4.54. The van der Waals surface area contributed by atoms with Crippen molar-refractivity contribution in [2.45, 2.75) is 0 Å². The molecule has 0 aliphatic carbocycles. The third-order valence-corrected chi connectivity index (χ3v) is 3.83. The van der Waals surface area contributed by atoms with Crippen molar-refractivity contribution in [2.75, 3.05) is 19.5 Å². The molecule has 0 aliphatic rings. The summed E-state index contributed by atoms with van der Waals surface area (Å²) in [7, 11) is 3.10. The van der Waals surface area contributed by atoms with Gasteiger partial charge in [-0.15, -0.1) is 0 Å². The summed E-state index contributed by atoms with van der Waals surface area (Å²) in [5, 5.41) is 6.44. The molecule has 2 rings (SSSR count). The second-order valence-corrected chi connectivity index (χ2v) is 6.33. The van der Waals surface area contributed by atoms with Gasteiger partial charge in [-0.1, -0.05) is 29.3 Å². The smallest absolute Gasteiger partial charge is 0.250 e. The minimum atomic E-state index is -0.384. The highest BCUT2D eigenvalue weighted by molar-refractivity contribution is 7.80. The maximum absolute atomic E-state index is 12.0. The summed E-state index contributed by atoms with van der Waals surface area (Å²) < 4.78 is 10.4. The Morgan fingerprint density at radius 3 is 2.31 bits per heavy atom. The van der Waals surface area contributed by atoms with Gasteiger partial charge in [0.15, 0.2) is 16.6 Å². The summed E-state index contributed by atoms with van der Waals surface area (Å²) in [6.07, 6.45) is 3.00. The van der Waals surface area contributed by atoms with Crippen LogP contribution in [0, 0.1) is 0 Å². The highest BCUT2D eigenvalue weighted by Crippen LogP contribution is 2.28. The molecule has 8 heteroatoms. The quantitative estimate of drug-likeness (QED) is 0.559. The van der Waals surface area contributed by atoms with Crippen LogP contribution < -0.4 is 20.1 Å². The molecule has 0 bridgehead atoms. The van der Waals surface area contributed by atoms with E-state index in [1.54, 1.807) is 56.7 Å². The van der Waals surface area contributed by atoms with E-state index in [1.807, 2.05) is 0 Å². The highest BCUT2D eigenvalue weighted by atomic mass is 35.5. The first-order valence-electron chi connectivity index (χ1n) is 7.39. The number of halogens is 2. The molecule has 0 fully saturated rings.